The van der Waals surface area contributed by atoms with Crippen molar-refractivity contribution >= 4 is 28.3 Å². The molecule has 12 heavy (non-hydrogen) atoms. The summed E-state index contributed by atoms with van der Waals surface area (Å²) in [7, 11) is 0. The van der Waals surface area contributed by atoms with Gasteiger partial charge in [0, 0.05) is 23.8 Å². The van der Waals surface area contributed by atoms with Crippen molar-refractivity contribution in [1.29, 1.82) is 0 Å². The van der Waals surface area contributed by atoms with E-state index in [0.29, 0.717) is 0 Å². The number of anilines is 1. The predicted molar refractivity (Wildman–Crippen MR) is 55.9 cm³/mol. The molecular formula is C7H13N3S2. The van der Waals surface area contributed by atoms with E-state index in [1.54, 1.807) is 0 Å². The van der Waals surface area contributed by atoms with E-state index in [9.17, 15) is 0 Å². The molecule has 1 aromatic heterocycles. The summed E-state index contributed by atoms with van der Waals surface area (Å²) in [4.78, 5) is 0. The van der Waals surface area contributed by atoms with Crippen LogP contribution in [0.2, 0.25) is 0 Å². The third kappa shape index (κ3) is 2.64. The lowest BCUT2D eigenvalue weighted by Gasteiger charge is -1.99. The molecule has 68 valence electrons. The zero-order valence-electron chi connectivity index (χ0n) is 7.33. The molecule has 5 heteroatoms. The van der Waals surface area contributed by atoms with Crippen molar-refractivity contribution in [3.63, 3.8) is 0 Å². The third-order valence-corrected chi connectivity index (χ3v) is 2.95. The molecule has 0 saturated heterocycles. The minimum Gasteiger partial charge on any atom is -0.374 e. The van der Waals surface area contributed by atoms with Crippen LogP contribution in [0.25, 0.3) is 0 Å². The molecule has 1 N–H and O–H groups in total. The molecule has 0 bridgehead atoms. The Kier molecular flexibility index (Phi) is 4.39. The van der Waals surface area contributed by atoms with E-state index in [4.69, 9.17) is 0 Å². The Morgan fingerprint density at radius 3 is 3.00 bits per heavy atom. The quantitative estimate of drug-likeness (QED) is 0.796. The van der Waals surface area contributed by atoms with Crippen LogP contribution < -0.4 is 5.32 Å². The number of aromatic nitrogens is 2. The van der Waals surface area contributed by atoms with Crippen LogP contribution in [-0.2, 0) is 5.75 Å². The van der Waals surface area contributed by atoms with Crippen LogP contribution in [0.3, 0.4) is 0 Å². The average molecular weight is 203 g/mol. The van der Waals surface area contributed by atoms with Crippen molar-refractivity contribution < 1.29 is 0 Å². The fourth-order valence-corrected chi connectivity index (χ4v) is 2.14. The summed E-state index contributed by atoms with van der Waals surface area (Å²) >= 11 is 3.31. The fraction of sp³-hybridized carbons (Fsp3) is 0.714. The van der Waals surface area contributed by atoms with E-state index in [0.717, 1.165) is 28.7 Å². The zero-order chi connectivity index (χ0) is 8.81. The van der Waals surface area contributed by atoms with Gasteiger partial charge in [-0.3, -0.25) is 0 Å². The van der Waals surface area contributed by atoms with E-state index < -0.39 is 0 Å². The van der Waals surface area contributed by atoms with Crippen molar-refractivity contribution in [3.05, 3.63) is 5.69 Å². The number of rotatable bonds is 5. The molecule has 0 radical (unpaired) electrons. The van der Waals surface area contributed by atoms with Crippen LogP contribution in [0.1, 0.15) is 19.5 Å². The molecule has 0 aromatic carbocycles. The molecule has 0 aliphatic carbocycles. The molecule has 1 rings (SSSR count). The van der Waals surface area contributed by atoms with E-state index >= 15 is 0 Å². The second kappa shape index (κ2) is 5.37. The number of hydrogen-bond acceptors (Lipinski definition) is 5. The largest absolute Gasteiger partial charge is 0.374 e. The summed E-state index contributed by atoms with van der Waals surface area (Å²) < 4.78 is 3.91. The van der Waals surface area contributed by atoms with E-state index in [-0.39, 0.29) is 0 Å². The smallest absolute Gasteiger partial charge is 0.134 e. The Morgan fingerprint density at radius 1 is 1.50 bits per heavy atom. The second-order valence-corrected chi connectivity index (χ2v) is 4.24. The number of hydrogen-bond donors (Lipinski definition) is 1. The lowest BCUT2D eigenvalue weighted by molar-refractivity contribution is 1.07. The molecular weight excluding hydrogens is 190 g/mol. The van der Waals surface area contributed by atoms with Gasteiger partial charge in [0.1, 0.15) is 10.7 Å². The van der Waals surface area contributed by atoms with Crippen LogP contribution >= 0.6 is 23.3 Å². The summed E-state index contributed by atoms with van der Waals surface area (Å²) in [5.41, 5.74) is 1.09. The van der Waals surface area contributed by atoms with Crippen molar-refractivity contribution in [2.24, 2.45) is 0 Å². The number of nitrogens with zero attached hydrogens (tertiary/aromatic N) is 2. The van der Waals surface area contributed by atoms with E-state index in [2.05, 4.69) is 28.8 Å². The Balaban J connectivity index is 2.51. The standard InChI is InChI=1S/C7H13N3S2/c1-3-8-7-6(5-11-4-2)9-10-12-7/h8H,3-5H2,1-2H3. The molecule has 0 saturated carbocycles. The van der Waals surface area contributed by atoms with Gasteiger partial charge in [0.2, 0.25) is 0 Å². The topological polar surface area (TPSA) is 37.8 Å². The average Bonchev–Trinajstić information content (AvgIpc) is 2.50. The van der Waals surface area contributed by atoms with Crippen molar-refractivity contribution in [3.8, 4) is 0 Å². The monoisotopic (exact) mass is 203 g/mol. The first kappa shape index (κ1) is 9.80. The summed E-state index contributed by atoms with van der Waals surface area (Å²) in [6.45, 7) is 5.17. The molecule has 0 atom stereocenters. The van der Waals surface area contributed by atoms with Gasteiger partial charge in [-0.15, -0.1) is 5.10 Å². The second-order valence-electron chi connectivity index (χ2n) is 2.22. The minimum atomic E-state index is 0.938. The molecule has 0 spiro atoms. The maximum absolute atomic E-state index is 4.06. The Bertz CT molecular complexity index is 224. The highest BCUT2D eigenvalue weighted by atomic mass is 32.2. The normalized spacial score (nSPS) is 10.2. The third-order valence-electron chi connectivity index (χ3n) is 1.34. The van der Waals surface area contributed by atoms with Crippen LogP contribution in [0.4, 0.5) is 5.00 Å². The first-order valence-electron chi connectivity index (χ1n) is 4.01. The SMILES string of the molecule is CCNc1snnc1CSCC. The lowest BCUT2D eigenvalue weighted by Crippen LogP contribution is -1.97. The highest BCUT2D eigenvalue weighted by Gasteiger charge is 2.05. The van der Waals surface area contributed by atoms with E-state index in [1.165, 1.54) is 11.5 Å². The van der Waals surface area contributed by atoms with Crippen molar-refractivity contribution in [1.82, 2.24) is 9.59 Å². The van der Waals surface area contributed by atoms with E-state index in [1.807, 2.05) is 11.8 Å². The summed E-state index contributed by atoms with van der Waals surface area (Å²) in [6, 6.07) is 0. The van der Waals surface area contributed by atoms with Gasteiger partial charge in [-0.1, -0.05) is 11.4 Å². The van der Waals surface area contributed by atoms with Crippen LogP contribution in [-0.4, -0.2) is 21.9 Å². The Labute approximate surface area is 81.1 Å². The van der Waals surface area contributed by atoms with Gasteiger partial charge in [-0.25, -0.2) is 0 Å². The fourth-order valence-electron chi connectivity index (χ4n) is 0.797. The first-order chi connectivity index (χ1) is 5.88. The Morgan fingerprint density at radius 2 is 2.33 bits per heavy atom. The maximum atomic E-state index is 4.06. The molecule has 0 amide bonds. The van der Waals surface area contributed by atoms with Gasteiger partial charge >= 0.3 is 0 Å². The molecule has 0 aliphatic heterocycles. The molecule has 0 fully saturated rings. The Hall–Kier alpha value is -0.290. The number of thioether (sulfide) groups is 1. The maximum Gasteiger partial charge on any atom is 0.134 e. The van der Waals surface area contributed by atoms with Crippen LogP contribution in [0, 0.1) is 0 Å². The highest BCUT2D eigenvalue weighted by molar-refractivity contribution is 7.98. The zero-order valence-corrected chi connectivity index (χ0v) is 8.97. The van der Waals surface area contributed by atoms with Gasteiger partial charge in [0.05, 0.1) is 0 Å². The molecule has 0 aliphatic rings. The first-order valence-corrected chi connectivity index (χ1v) is 5.94. The summed E-state index contributed by atoms with van der Waals surface area (Å²) in [5, 5.41) is 8.43. The van der Waals surface area contributed by atoms with Crippen molar-refractivity contribution in [2.75, 3.05) is 17.6 Å². The van der Waals surface area contributed by atoms with Crippen LogP contribution in [0.15, 0.2) is 0 Å². The summed E-state index contributed by atoms with van der Waals surface area (Å²) in [5.74, 6) is 2.10. The molecule has 1 heterocycles. The molecule has 3 nitrogen and oxygen atoms in total. The molecule has 1 aromatic rings. The highest BCUT2D eigenvalue weighted by Crippen LogP contribution is 2.21. The van der Waals surface area contributed by atoms with Gasteiger partial charge in [-0.05, 0) is 12.7 Å². The minimum absolute atomic E-state index is 0.938. The lowest BCUT2D eigenvalue weighted by atomic mass is 10.5. The van der Waals surface area contributed by atoms with Gasteiger partial charge in [0.25, 0.3) is 0 Å². The van der Waals surface area contributed by atoms with Gasteiger partial charge in [0.15, 0.2) is 0 Å². The summed E-state index contributed by atoms with van der Waals surface area (Å²) in [6.07, 6.45) is 0. The van der Waals surface area contributed by atoms with Gasteiger partial charge in [-0.2, -0.15) is 11.8 Å². The predicted octanol–water partition coefficient (Wildman–Crippen LogP) is 2.22. The molecule has 0 unspecified atom stereocenters. The van der Waals surface area contributed by atoms with Crippen LogP contribution in [0.5, 0.6) is 0 Å². The van der Waals surface area contributed by atoms with Crippen molar-refractivity contribution in [2.45, 2.75) is 19.6 Å². The van der Waals surface area contributed by atoms with Gasteiger partial charge < -0.3 is 5.32 Å². The number of nitrogens with one attached hydrogen (secondary N) is 1.